The molecule has 0 saturated carbocycles. The van der Waals surface area contributed by atoms with Crippen LogP contribution >= 0.6 is 0 Å². The van der Waals surface area contributed by atoms with E-state index in [1.807, 2.05) is 0 Å². The topological polar surface area (TPSA) is 35.2 Å². The Hall–Kier alpha value is -0.360. The number of morpholine rings is 1. The lowest BCUT2D eigenvalue weighted by molar-refractivity contribution is -0.00389. The molecule has 0 radical (unpaired) electrons. The second kappa shape index (κ2) is 28.8. The van der Waals surface area contributed by atoms with Crippen LogP contribution in [-0.2, 0) is 4.74 Å². The summed E-state index contributed by atoms with van der Waals surface area (Å²) < 4.78 is 5.25. The Labute approximate surface area is 396 Å². The molecule has 6 heterocycles. The zero-order valence-corrected chi connectivity index (χ0v) is 46.8. The van der Waals surface area contributed by atoms with Crippen molar-refractivity contribution in [3.8, 4) is 0 Å². The average Bonchev–Trinajstić information content (AvgIpc) is 3.46. The van der Waals surface area contributed by atoms with E-state index in [9.17, 15) is 0 Å². The van der Waals surface area contributed by atoms with Crippen molar-refractivity contribution < 1.29 is 4.74 Å². The number of piperazine rings is 1. The largest absolute Gasteiger partial charge is 0.379 e. The summed E-state index contributed by atoms with van der Waals surface area (Å²) >= 11 is 0. The standard InChI is InChI=1S/C10H22N2.C10H21N.C9H20N2.C9H19N.C8H17NO.C8H17N/c1-10(2,3)12-7-5-6-11(4)8-9-12;1-10(2,3)11-8-6-4-5-7-9-11;1-9(2,3)11-7-5-10(4)6-8-11;1-9(2,3)10-7-5-4-6-8-10;1-8(2,3)9-4-6-10-7-5-9;1-8(2,3)9-6-4-5-7-9/h5-9H2,1-4H3;4-9H2,1-3H3;5-8H2,1-4H3;4-8H2,1-3H3;4-7H2,1-3H3;4-7H2,1-3H3. The van der Waals surface area contributed by atoms with Gasteiger partial charge in [-0.15, -0.1) is 0 Å². The monoisotopic (exact) mass is 893 g/mol. The lowest BCUT2D eigenvalue weighted by atomic mass is 10.0. The predicted octanol–water partition coefficient (Wildman–Crippen LogP) is 10.4. The fraction of sp³-hybridized carbons (Fsp3) is 1.00. The number of piperidine rings is 1. The first-order chi connectivity index (χ1) is 28.9. The molecule has 6 saturated heterocycles. The Morgan fingerprint density at radius 1 is 0.222 bits per heavy atom. The Balaban J connectivity index is 0.000000379. The minimum Gasteiger partial charge on any atom is -0.379 e. The summed E-state index contributed by atoms with van der Waals surface area (Å²) in [5.41, 5.74) is 2.25. The van der Waals surface area contributed by atoms with Crippen LogP contribution in [0.15, 0.2) is 0 Å². The van der Waals surface area contributed by atoms with Gasteiger partial charge in [0, 0.05) is 85.6 Å². The molecule has 0 unspecified atom stereocenters. The number of likely N-dealkylation sites (tertiary alicyclic amines) is 3. The first kappa shape index (κ1) is 60.7. The van der Waals surface area contributed by atoms with E-state index in [-0.39, 0.29) is 0 Å². The molecule has 9 heteroatoms. The number of rotatable bonds is 0. The Morgan fingerprint density at radius 3 is 0.714 bits per heavy atom. The molecule has 0 N–H and O–H groups in total. The molecule has 6 aliphatic heterocycles. The number of hydrogen-bond donors (Lipinski definition) is 0. The van der Waals surface area contributed by atoms with Gasteiger partial charge in [0.15, 0.2) is 0 Å². The molecule has 0 aromatic rings. The highest BCUT2D eigenvalue weighted by Gasteiger charge is 2.27. The summed E-state index contributed by atoms with van der Waals surface area (Å²) in [6.45, 7) is 62.9. The van der Waals surface area contributed by atoms with Crippen LogP contribution in [-0.4, -0.2) is 204 Å². The highest BCUT2D eigenvalue weighted by molar-refractivity contribution is 4.83. The molecule has 0 amide bonds. The highest BCUT2D eigenvalue weighted by atomic mass is 16.5. The van der Waals surface area contributed by atoms with Crippen LogP contribution in [0.2, 0.25) is 0 Å². The molecule has 0 spiro atoms. The molecule has 0 bridgehead atoms. The third-order valence-corrected chi connectivity index (χ3v) is 14.0. The van der Waals surface area contributed by atoms with Gasteiger partial charge < -0.3 is 14.5 Å². The maximum Gasteiger partial charge on any atom is 0.0594 e. The minimum absolute atomic E-state index is 0.323. The smallest absolute Gasteiger partial charge is 0.0594 e. The maximum absolute atomic E-state index is 5.25. The molecular weight excluding hydrogens is 777 g/mol. The molecule has 378 valence electrons. The molecule has 6 rings (SSSR count). The van der Waals surface area contributed by atoms with Crippen molar-refractivity contribution in [2.24, 2.45) is 0 Å². The van der Waals surface area contributed by atoms with Gasteiger partial charge in [0.05, 0.1) is 13.2 Å². The van der Waals surface area contributed by atoms with E-state index in [1.165, 1.54) is 156 Å². The fourth-order valence-electron chi connectivity index (χ4n) is 9.12. The van der Waals surface area contributed by atoms with Gasteiger partial charge in [-0.1, -0.05) is 19.3 Å². The zero-order valence-electron chi connectivity index (χ0n) is 46.8. The average molecular weight is 894 g/mol. The second-order valence-electron chi connectivity index (χ2n) is 25.7. The number of nitrogens with zero attached hydrogens (tertiary/aromatic N) is 8. The van der Waals surface area contributed by atoms with Gasteiger partial charge in [0.1, 0.15) is 0 Å². The molecule has 0 aromatic heterocycles. The van der Waals surface area contributed by atoms with Crippen molar-refractivity contribution >= 4 is 0 Å². The molecule has 0 atom stereocenters. The second-order valence-corrected chi connectivity index (χ2v) is 25.7. The molecule has 0 aliphatic carbocycles. The van der Waals surface area contributed by atoms with Gasteiger partial charge in [-0.3, -0.25) is 29.4 Å². The Bertz CT molecular complexity index is 1080. The number of likely N-dealkylation sites (N-methyl/N-ethyl adjacent to an activating group) is 2. The van der Waals surface area contributed by atoms with E-state index >= 15 is 0 Å². The summed E-state index contributed by atoms with van der Waals surface area (Å²) in [4.78, 5) is 20.1. The van der Waals surface area contributed by atoms with Gasteiger partial charge >= 0.3 is 0 Å². The summed E-state index contributed by atoms with van der Waals surface area (Å²) in [5, 5.41) is 0. The number of hydrogen-bond acceptors (Lipinski definition) is 9. The maximum atomic E-state index is 5.25. The van der Waals surface area contributed by atoms with Crippen molar-refractivity contribution in [1.29, 1.82) is 0 Å². The van der Waals surface area contributed by atoms with Gasteiger partial charge in [0.2, 0.25) is 0 Å². The van der Waals surface area contributed by atoms with Crippen LogP contribution in [0, 0.1) is 0 Å². The van der Waals surface area contributed by atoms with Crippen LogP contribution in [0.3, 0.4) is 0 Å². The normalized spacial score (nSPS) is 23.4. The van der Waals surface area contributed by atoms with E-state index in [1.54, 1.807) is 0 Å². The van der Waals surface area contributed by atoms with Crippen LogP contribution < -0.4 is 0 Å². The zero-order chi connectivity index (χ0) is 48.1. The summed E-state index contributed by atoms with van der Waals surface area (Å²) in [6.07, 6.45) is 14.0. The first-order valence-corrected chi connectivity index (χ1v) is 26.4. The van der Waals surface area contributed by atoms with Gasteiger partial charge in [0.25, 0.3) is 0 Å². The van der Waals surface area contributed by atoms with Gasteiger partial charge in [-0.2, -0.15) is 0 Å². The van der Waals surface area contributed by atoms with E-state index in [2.05, 4.69) is 178 Å². The van der Waals surface area contributed by atoms with Crippen LogP contribution in [0.25, 0.3) is 0 Å². The van der Waals surface area contributed by atoms with E-state index in [0.29, 0.717) is 33.2 Å². The first-order valence-electron chi connectivity index (χ1n) is 26.4. The predicted molar refractivity (Wildman–Crippen MR) is 280 cm³/mol. The lowest BCUT2D eigenvalue weighted by Gasteiger charge is -2.41. The van der Waals surface area contributed by atoms with E-state index in [4.69, 9.17) is 4.74 Å². The molecule has 63 heavy (non-hydrogen) atoms. The molecule has 0 aromatic carbocycles. The molecular formula is C54H116N8O. The summed E-state index contributed by atoms with van der Waals surface area (Å²) in [7, 11) is 4.41. The molecule has 6 aliphatic rings. The Morgan fingerprint density at radius 2 is 0.429 bits per heavy atom. The summed E-state index contributed by atoms with van der Waals surface area (Å²) in [6, 6.07) is 0. The van der Waals surface area contributed by atoms with Crippen LogP contribution in [0.1, 0.15) is 189 Å². The third-order valence-electron chi connectivity index (χ3n) is 14.0. The van der Waals surface area contributed by atoms with Gasteiger partial charge in [-0.05, 0) is 236 Å². The van der Waals surface area contributed by atoms with Gasteiger partial charge in [-0.25, -0.2) is 0 Å². The molecule has 6 fully saturated rings. The van der Waals surface area contributed by atoms with Crippen LogP contribution in [0.4, 0.5) is 0 Å². The van der Waals surface area contributed by atoms with E-state index in [0.717, 1.165) is 26.3 Å². The van der Waals surface area contributed by atoms with E-state index < -0.39 is 0 Å². The minimum atomic E-state index is 0.323. The lowest BCUT2D eigenvalue weighted by Crippen LogP contribution is -2.52. The van der Waals surface area contributed by atoms with Crippen molar-refractivity contribution in [3.05, 3.63) is 0 Å². The van der Waals surface area contributed by atoms with Crippen molar-refractivity contribution in [3.63, 3.8) is 0 Å². The third kappa shape index (κ3) is 27.9. The Kier molecular flexibility index (Phi) is 27.8. The SMILES string of the molecule is CC(C)(C)N1CCCC1.CC(C)(C)N1CCCCC1.CC(C)(C)N1CCCCCC1.CC(C)(C)N1CCOCC1.CN1CCCN(C(C)(C)C)CC1.CN1CCN(C(C)(C)C)CC1. The fourth-order valence-corrected chi connectivity index (χ4v) is 9.12. The van der Waals surface area contributed by atoms with Crippen LogP contribution in [0.5, 0.6) is 0 Å². The number of ether oxygens (including phenoxy) is 1. The van der Waals surface area contributed by atoms with Crippen molar-refractivity contribution in [1.82, 2.24) is 39.2 Å². The summed E-state index contributed by atoms with van der Waals surface area (Å²) in [5.74, 6) is 0. The quantitative estimate of drug-likeness (QED) is 0.236. The van der Waals surface area contributed by atoms with Crippen molar-refractivity contribution in [2.75, 3.05) is 132 Å². The van der Waals surface area contributed by atoms with Crippen molar-refractivity contribution in [2.45, 2.75) is 222 Å². The molecule has 9 nitrogen and oxygen atoms in total. The highest BCUT2D eigenvalue weighted by Crippen LogP contribution is 2.22.